The Morgan fingerprint density at radius 2 is 1.95 bits per heavy atom. The normalized spacial score (nSPS) is 19.0. The Kier molecular flexibility index (Phi) is 4.32. The molecule has 3 rings (SSSR count). The Balaban J connectivity index is 1.65. The number of hydrogen-bond acceptors (Lipinski definition) is 2. The summed E-state index contributed by atoms with van der Waals surface area (Å²) in [6.07, 6.45) is 1.15. The third-order valence-electron chi connectivity index (χ3n) is 4.29. The highest BCUT2D eigenvalue weighted by atomic mass is 19.1. The molecule has 21 heavy (non-hydrogen) atoms. The fraction of sp³-hybridized carbons (Fsp3) is 0.333. The van der Waals surface area contributed by atoms with E-state index < -0.39 is 0 Å². The van der Waals surface area contributed by atoms with Crippen LogP contribution in [-0.2, 0) is 13.1 Å². The van der Waals surface area contributed by atoms with E-state index in [9.17, 15) is 4.39 Å². The summed E-state index contributed by atoms with van der Waals surface area (Å²) in [5, 5.41) is 0. The largest absolute Gasteiger partial charge is 0.326 e. The topological polar surface area (TPSA) is 29.3 Å². The molecule has 2 aromatic rings. The van der Waals surface area contributed by atoms with E-state index in [1.807, 2.05) is 18.2 Å². The first-order chi connectivity index (χ1) is 10.3. The van der Waals surface area contributed by atoms with Gasteiger partial charge in [-0.25, -0.2) is 4.39 Å². The maximum atomic E-state index is 14.0. The molecule has 1 fully saturated rings. The zero-order valence-electron chi connectivity index (χ0n) is 12.1. The van der Waals surface area contributed by atoms with Crippen molar-refractivity contribution in [1.29, 1.82) is 0 Å². The van der Waals surface area contributed by atoms with Gasteiger partial charge in [-0.1, -0.05) is 42.5 Å². The van der Waals surface area contributed by atoms with Crippen LogP contribution in [0.4, 0.5) is 4.39 Å². The first-order valence-corrected chi connectivity index (χ1v) is 7.51. The smallest absolute Gasteiger partial charge is 0.128 e. The molecule has 0 amide bonds. The molecule has 1 saturated heterocycles. The van der Waals surface area contributed by atoms with Gasteiger partial charge >= 0.3 is 0 Å². The summed E-state index contributed by atoms with van der Waals surface area (Å²) in [5.41, 5.74) is 8.54. The highest BCUT2D eigenvalue weighted by Gasteiger charge is 2.24. The maximum absolute atomic E-state index is 14.0. The molecule has 0 bridgehead atoms. The molecule has 2 aromatic carbocycles. The number of nitrogens with zero attached hydrogens (tertiary/aromatic N) is 1. The molecule has 0 radical (unpaired) electrons. The Labute approximate surface area is 125 Å². The van der Waals surface area contributed by atoms with Crippen LogP contribution in [0.5, 0.6) is 0 Å². The van der Waals surface area contributed by atoms with E-state index >= 15 is 0 Å². The van der Waals surface area contributed by atoms with Gasteiger partial charge in [0.05, 0.1) is 0 Å². The van der Waals surface area contributed by atoms with Crippen LogP contribution in [0.2, 0.25) is 0 Å². The minimum atomic E-state index is -0.138. The monoisotopic (exact) mass is 284 g/mol. The van der Waals surface area contributed by atoms with Crippen LogP contribution in [-0.4, -0.2) is 18.0 Å². The second-order valence-electron chi connectivity index (χ2n) is 5.76. The zero-order valence-corrected chi connectivity index (χ0v) is 12.1. The lowest BCUT2D eigenvalue weighted by Crippen LogP contribution is -2.20. The minimum absolute atomic E-state index is 0.138. The summed E-state index contributed by atoms with van der Waals surface area (Å²) in [6, 6.07) is 15.9. The molecule has 1 heterocycles. The summed E-state index contributed by atoms with van der Waals surface area (Å²) >= 11 is 0. The predicted molar refractivity (Wildman–Crippen MR) is 83.4 cm³/mol. The molecule has 0 aliphatic carbocycles. The Morgan fingerprint density at radius 3 is 2.67 bits per heavy atom. The SMILES string of the molecule is NCc1ccc(CN2CCC(c3ccccc3)C2)c(F)c1. The number of nitrogens with two attached hydrogens (primary N) is 1. The molecule has 1 unspecified atom stereocenters. The molecule has 0 saturated carbocycles. The van der Waals surface area contributed by atoms with Crippen LogP contribution >= 0.6 is 0 Å². The molecular weight excluding hydrogens is 263 g/mol. The third-order valence-corrected chi connectivity index (χ3v) is 4.29. The van der Waals surface area contributed by atoms with E-state index in [-0.39, 0.29) is 5.82 Å². The van der Waals surface area contributed by atoms with Crippen molar-refractivity contribution in [1.82, 2.24) is 4.90 Å². The fourth-order valence-corrected chi connectivity index (χ4v) is 3.06. The number of hydrogen-bond donors (Lipinski definition) is 1. The first kappa shape index (κ1) is 14.2. The van der Waals surface area contributed by atoms with E-state index in [0.717, 1.165) is 30.6 Å². The summed E-state index contributed by atoms with van der Waals surface area (Å²) in [4.78, 5) is 2.33. The van der Waals surface area contributed by atoms with Gasteiger partial charge in [-0.15, -0.1) is 0 Å². The predicted octanol–water partition coefficient (Wildman–Crippen LogP) is 3.27. The van der Waals surface area contributed by atoms with Crippen LogP contribution in [0, 0.1) is 5.82 Å². The van der Waals surface area contributed by atoms with Gasteiger partial charge in [-0.2, -0.15) is 0 Å². The van der Waals surface area contributed by atoms with Gasteiger partial charge in [0.25, 0.3) is 0 Å². The number of rotatable bonds is 4. The average molecular weight is 284 g/mol. The van der Waals surface area contributed by atoms with Crippen molar-refractivity contribution in [3.63, 3.8) is 0 Å². The lowest BCUT2D eigenvalue weighted by Gasteiger charge is -2.17. The van der Waals surface area contributed by atoms with Gasteiger partial charge in [0.15, 0.2) is 0 Å². The van der Waals surface area contributed by atoms with Crippen molar-refractivity contribution in [3.8, 4) is 0 Å². The van der Waals surface area contributed by atoms with Crippen molar-refractivity contribution < 1.29 is 4.39 Å². The number of benzene rings is 2. The standard InChI is InChI=1S/C18H21FN2/c19-18-10-14(11-20)6-7-17(18)13-21-9-8-16(12-21)15-4-2-1-3-5-15/h1-7,10,16H,8-9,11-13,20H2. The molecule has 1 aliphatic rings. The highest BCUT2D eigenvalue weighted by molar-refractivity contribution is 5.25. The zero-order chi connectivity index (χ0) is 14.7. The summed E-state index contributed by atoms with van der Waals surface area (Å²) in [6.45, 7) is 3.09. The lowest BCUT2D eigenvalue weighted by atomic mass is 9.99. The van der Waals surface area contributed by atoms with Gasteiger partial charge in [0.1, 0.15) is 5.82 Å². The third kappa shape index (κ3) is 3.31. The average Bonchev–Trinajstić information content (AvgIpc) is 2.99. The molecule has 110 valence electrons. The van der Waals surface area contributed by atoms with Gasteiger partial charge < -0.3 is 5.73 Å². The fourth-order valence-electron chi connectivity index (χ4n) is 3.06. The van der Waals surface area contributed by atoms with Crippen LogP contribution in [0.25, 0.3) is 0 Å². The molecule has 3 heteroatoms. The molecule has 0 aromatic heterocycles. The van der Waals surface area contributed by atoms with Crippen molar-refractivity contribution >= 4 is 0 Å². The van der Waals surface area contributed by atoms with Crippen molar-refractivity contribution in [2.24, 2.45) is 5.73 Å². The molecular formula is C18H21FN2. The number of halogens is 1. The van der Waals surface area contributed by atoms with E-state index in [0.29, 0.717) is 19.0 Å². The van der Waals surface area contributed by atoms with Gasteiger partial charge in [-0.05, 0) is 36.1 Å². The molecule has 1 aliphatic heterocycles. The van der Waals surface area contributed by atoms with E-state index in [2.05, 4.69) is 29.2 Å². The molecule has 0 spiro atoms. The van der Waals surface area contributed by atoms with Gasteiger partial charge in [0, 0.05) is 25.2 Å². The second-order valence-corrected chi connectivity index (χ2v) is 5.76. The summed E-state index contributed by atoms with van der Waals surface area (Å²) < 4.78 is 14.0. The van der Waals surface area contributed by atoms with E-state index in [1.165, 1.54) is 5.56 Å². The highest BCUT2D eigenvalue weighted by Crippen LogP contribution is 2.28. The minimum Gasteiger partial charge on any atom is -0.326 e. The van der Waals surface area contributed by atoms with Crippen molar-refractivity contribution in [2.45, 2.75) is 25.4 Å². The molecule has 1 atom stereocenters. The van der Waals surface area contributed by atoms with Gasteiger partial charge in [-0.3, -0.25) is 4.90 Å². The van der Waals surface area contributed by atoms with Crippen LogP contribution in [0.1, 0.15) is 29.0 Å². The molecule has 2 nitrogen and oxygen atoms in total. The van der Waals surface area contributed by atoms with Crippen LogP contribution in [0.15, 0.2) is 48.5 Å². The summed E-state index contributed by atoms with van der Waals surface area (Å²) in [5.74, 6) is 0.429. The quantitative estimate of drug-likeness (QED) is 0.933. The Bertz CT molecular complexity index is 597. The first-order valence-electron chi connectivity index (χ1n) is 7.51. The summed E-state index contributed by atoms with van der Waals surface area (Å²) in [7, 11) is 0. The van der Waals surface area contributed by atoms with E-state index in [4.69, 9.17) is 5.73 Å². The lowest BCUT2D eigenvalue weighted by molar-refractivity contribution is 0.321. The molecule has 2 N–H and O–H groups in total. The van der Waals surface area contributed by atoms with E-state index in [1.54, 1.807) is 6.07 Å². The number of likely N-dealkylation sites (tertiary alicyclic amines) is 1. The van der Waals surface area contributed by atoms with Gasteiger partial charge in [0.2, 0.25) is 0 Å². The Morgan fingerprint density at radius 1 is 1.14 bits per heavy atom. The van der Waals surface area contributed by atoms with Crippen molar-refractivity contribution in [2.75, 3.05) is 13.1 Å². The second kappa shape index (κ2) is 6.37. The maximum Gasteiger partial charge on any atom is 0.128 e. The van der Waals surface area contributed by atoms with Crippen molar-refractivity contribution in [3.05, 3.63) is 71.0 Å². The Hall–Kier alpha value is -1.71. The van der Waals surface area contributed by atoms with Crippen LogP contribution < -0.4 is 5.73 Å². The van der Waals surface area contributed by atoms with Crippen LogP contribution in [0.3, 0.4) is 0 Å².